The van der Waals surface area contributed by atoms with Gasteiger partial charge in [-0.05, 0) is 12.1 Å². The van der Waals surface area contributed by atoms with Crippen molar-refractivity contribution in [2.75, 3.05) is 18.8 Å². The third-order valence-electron chi connectivity index (χ3n) is 3.55. The van der Waals surface area contributed by atoms with Crippen LogP contribution in [0.5, 0.6) is 0 Å². The van der Waals surface area contributed by atoms with Crippen molar-refractivity contribution in [3.05, 3.63) is 42.5 Å². The number of nitrogens with zero attached hydrogens (tertiary/aromatic N) is 4. The monoisotopic (exact) mass is 331 g/mol. The number of carbonyl (C=O) groups is 2. The minimum Gasteiger partial charge on any atom is -0.349 e. The molecule has 23 heavy (non-hydrogen) atoms. The molecule has 8 heteroatoms. The first-order chi connectivity index (χ1) is 11.2. The summed E-state index contributed by atoms with van der Waals surface area (Å²) in [4.78, 5) is 25.1. The van der Waals surface area contributed by atoms with Gasteiger partial charge in [0.25, 0.3) is 5.24 Å². The topological polar surface area (TPSA) is 80.1 Å². The summed E-state index contributed by atoms with van der Waals surface area (Å²) in [5.41, 5.74) is 0.946. The molecule has 2 heterocycles. The first-order valence-corrected chi connectivity index (χ1v) is 8.35. The standard InChI is InChI=1S/C15H17N5O2S/c21-14(6-7-19-8-9-23-15(19)22)16-10-13-18-17-11-20(13)12-4-2-1-3-5-12/h1-5,11H,6-10H2,(H,16,21). The van der Waals surface area contributed by atoms with Crippen LogP contribution >= 0.6 is 11.8 Å². The number of hydrogen-bond acceptors (Lipinski definition) is 5. The molecule has 1 fully saturated rings. The molecule has 0 aliphatic carbocycles. The zero-order valence-corrected chi connectivity index (χ0v) is 13.3. The highest BCUT2D eigenvalue weighted by atomic mass is 32.2. The molecule has 120 valence electrons. The summed E-state index contributed by atoms with van der Waals surface area (Å²) in [7, 11) is 0. The Kier molecular flexibility index (Phi) is 4.92. The number of amides is 2. The Morgan fingerprint density at radius 2 is 2.13 bits per heavy atom. The van der Waals surface area contributed by atoms with Crippen LogP contribution in [-0.2, 0) is 11.3 Å². The largest absolute Gasteiger partial charge is 0.349 e. The fourth-order valence-corrected chi connectivity index (χ4v) is 3.17. The maximum absolute atomic E-state index is 11.9. The summed E-state index contributed by atoms with van der Waals surface area (Å²) in [6.07, 6.45) is 1.92. The van der Waals surface area contributed by atoms with Gasteiger partial charge in [-0.15, -0.1) is 10.2 Å². The van der Waals surface area contributed by atoms with Gasteiger partial charge in [0.1, 0.15) is 6.33 Å². The van der Waals surface area contributed by atoms with Crippen LogP contribution in [0.2, 0.25) is 0 Å². The van der Waals surface area contributed by atoms with Crippen LogP contribution in [0.1, 0.15) is 12.2 Å². The van der Waals surface area contributed by atoms with Gasteiger partial charge in [0.15, 0.2) is 5.82 Å². The van der Waals surface area contributed by atoms with Crippen LogP contribution in [0.4, 0.5) is 4.79 Å². The number of thioether (sulfide) groups is 1. The molecule has 2 amide bonds. The Morgan fingerprint density at radius 1 is 1.30 bits per heavy atom. The molecule has 1 saturated heterocycles. The smallest absolute Gasteiger partial charge is 0.281 e. The van der Waals surface area contributed by atoms with Crippen LogP contribution in [0.3, 0.4) is 0 Å². The highest BCUT2D eigenvalue weighted by Crippen LogP contribution is 2.17. The second kappa shape index (κ2) is 7.28. The van der Waals surface area contributed by atoms with Gasteiger partial charge in [-0.25, -0.2) is 0 Å². The van der Waals surface area contributed by atoms with Gasteiger partial charge >= 0.3 is 0 Å². The minimum atomic E-state index is -0.0997. The molecule has 1 aliphatic heterocycles. The maximum Gasteiger partial charge on any atom is 0.281 e. The number of hydrogen-bond donors (Lipinski definition) is 1. The molecule has 1 aromatic carbocycles. The Bertz CT molecular complexity index is 688. The molecular weight excluding hydrogens is 314 g/mol. The molecule has 1 aromatic heterocycles. The van der Waals surface area contributed by atoms with Crippen molar-refractivity contribution in [1.82, 2.24) is 25.0 Å². The molecule has 0 unspecified atom stereocenters. The van der Waals surface area contributed by atoms with Gasteiger partial charge < -0.3 is 10.2 Å². The van der Waals surface area contributed by atoms with Crippen molar-refractivity contribution in [3.63, 3.8) is 0 Å². The Labute approximate surface area is 138 Å². The average Bonchev–Trinajstić information content (AvgIpc) is 3.20. The molecule has 0 saturated carbocycles. The van der Waals surface area contributed by atoms with Crippen LogP contribution in [0, 0.1) is 0 Å². The normalized spacial score (nSPS) is 14.3. The second-order valence-electron chi connectivity index (χ2n) is 5.08. The summed E-state index contributed by atoms with van der Waals surface area (Å²) < 4.78 is 1.83. The molecule has 0 bridgehead atoms. The summed E-state index contributed by atoms with van der Waals surface area (Å²) in [6, 6.07) is 9.70. The van der Waals surface area contributed by atoms with E-state index in [0.29, 0.717) is 25.3 Å². The van der Waals surface area contributed by atoms with E-state index in [2.05, 4.69) is 15.5 Å². The lowest BCUT2D eigenvalue weighted by molar-refractivity contribution is -0.121. The summed E-state index contributed by atoms with van der Waals surface area (Å²) in [5, 5.41) is 10.8. The molecule has 2 aromatic rings. The zero-order valence-electron chi connectivity index (χ0n) is 12.5. The van der Waals surface area contributed by atoms with Gasteiger partial charge in [-0.3, -0.25) is 14.2 Å². The van der Waals surface area contributed by atoms with Crippen molar-refractivity contribution in [1.29, 1.82) is 0 Å². The molecule has 1 aliphatic rings. The fourth-order valence-electron chi connectivity index (χ4n) is 2.32. The lowest BCUT2D eigenvalue weighted by Crippen LogP contribution is -2.31. The first-order valence-electron chi connectivity index (χ1n) is 7.37. The molecule has 3 rings (SSSR count). The molecule has 0 spiro atoms. The molecule has 0 atom stereocenters. The van der Waals surface area contributed by atoms with E-state index >= 15 is 0 Å². The third kappa shape index (κ3) is 3.89. The van der Waals surface area contributed by atoms with Gasteiger partial charge in [-0.2, -0.15) is 0 Å². The Morgan fingerprint density at radius 3 is 2.87 bits per heavy atom. The van der Waals surface area contributed by atoms with Gasteiger partial charge in [-0.1, -0.05) is 30.0 Å². The SMILES string of the molecule is O=C(CCN1CCSC1=O)NCc1nncn1-c1ccccc1. The molecular formula is C15H17N5O2S. The van der Waals surface area contributed by atoms with Crippen LogP contribution < -0.4 is 5.32 Å². The summed E-state index contributed by atoms with van der Waals surface area (Å²) in [6.45, 7) is 1.48. The van der Waals surface area contributed by atoms with Crippen molar-refractivity contribution in [3.8, 4) is 5.69 Å². The quantitative estimate of drug-likeness (QED) is 0.866. The number of benzene rings is 1. The maximum atomic E-state index is 11.9. The predicted octanol–water partition coefficient (Wildman–Crippen LogP) is 1.44. The van der Waals surface area contributed by atoms with E-state index in [1.807, 2.05) is 34.9 Å². The number of nitrogens with one attached hydrogen (secondary N) is 1. The Balaban J connectivity index is 1.52. The van der Waals surface area contributed by atoms with Gasteiger partial charge in [0, 0.05) is 31.0 Å². The highest BCUT2D eigenvalue weighted by Gasteiger charge is 2.21. The van der Waals surface area contributed by atoms with E-state index in [9.17, 15) is 9.59 Å². The van der Waals surface area contributed by atoms with Gasteiger partial charge in [0.2, 0.25) is 5.91 Å². The molecule has 1 N–H and O–H groups in total. The minimum absolute atomic E-state index is 0.0571. The first kappa shape index (κ1) is 15.5. The average molecular weight is 331 g/mol. The van der Waals surface area contributed by atoms with E-state index in [0.717, 1.165) is 18.0 Å². The van der Waals surface area contributed by atoms with E-state index in [-0.39, 0.29) is 11.1 Å². The van der Waals surface area contributed by atoms with Crippen molar-refractivity contribution in [2.45, 2.75) is 13.0 Å². The van der Waals surface area contributed by atoms with Gasteiger partial charge in [0.05, 0.1) is 6.54 Å². The van der Waals surface area contributed by atoms with E-state index in [4.69, 9.17) is 0 Å². The fraction of sp³-hybridized carbons (Fsp3) is 0.333. The van der Waals surface area contributed by atoms with Crippen molar-refractivity contribution < 1.29 is 9.59 Å². The highest BCUT2D eigenvalue weighted by molar-refractivity contribution is 8.13. The number of carbonyl (C=O) groups excluding carboxylic acids is 2. The molecule has 7 nitrogen and oxygen atoms in total. The number of para-hydroxylation sites is 1. The van der Waals surface area contributed by atoms with Crippen LogP contribution in [0.15, 0.2) is 36.7 Å². The zero-order chi connectivity index (χ0) is 16.1. The summed E-state index contributed by atoms with van der Waals surface area (Å²) in [5.74, 6) is 1.37. The lowest BCUT2D eigenvalue weighted by Gasteiger charge is -2.14. The Hall–Kier alpha value is -2.35. The van der Waals surface area contributed by atoms with E-state index in [1.165, 1.54) is 11.8 Å². The molecule has 0 radical (unpaired) electrons. The third-order valence-corrected chi connectivity index (χ3v) is 4.44. The summed E-state index contributed by atoms with van der Waals surface area (Å²) >= 11 is 1.30. The van der Waals surface area contributed by atoms with Crippen molar-refractivity contribution in [2.24, 2.45) is 0 Å². The predicted molar refractivity (Wildman–Crippen MR) is 87.2 cm³/mol. The van der Waals surface area contributed by atoms with Crippen LogP contribution in [0.25, 0.3) is 5.69 Å². The van der Waals surface area contributed by atoms with Crippen LogP contribution in [-0.4, -0.2) is 49.7 Å². The van der Waals surface area contributed by atoms with E-state index in [1.54, 1.807) is 11.2 Å². The van der Waals surface area contributed by atoms with E-state index < -0.39 is 0 Å². The lowest BCUT2D eigenvalue weighted by atomic mass is 10.3. The second-order valence-corrected chi connectivity index (χ2v) is 6.13. The number of aromatic nitrogens is 3. The number of rotatable bonds is 6. The van der Waals surface area contributed by atoms with Crippen molar-refractivity contribution >= 4 is 22.9 Å².